The van der Waals surface area contributed by atoms with Crippen molar-refractivity contribution in [3.63, 3.8) is 0 Å². The first-order valence-electron chi connectivity index (χ1n) is 6.90. The molecule has 1 atom stereocenters. The lowest BCUT2D eigenvalue weighted by Gasteiger charge is -2.47. The molecule has 0 saturated heterocycles. The van der Waals surface area contributed by atoms with Crippen LogP contribution in [0.25, 0.3) is 0 Å². The highest BCUT2D eigenvalue weighted by atomic mass is 15.3. The summed E-state index contributed by atoms with van der Waals surface area (Å²) >= 11 is 0. The summed E-state index contributed by atoms with van der Waals surface area (Å²) in [5.41, 5.74) is 6.85. The van der Waals surface area contributed by atoms with Gasteiger partial charge in [0.25, 0.3) is 0 Å². The number of nitrogens with two attached hydrogens (primary N) is 1. The molecule has 2 heteroatoms. The van der Waals surface area contributed by atoms with E-state index >= 15 is 0 Å². The van der Waals surface area contributed by atoms with Crippen molar-refractivity contribution in [2.24, 2.45) is 17.1 Å². The molecule has 0 amide bonds. The highest BCUT2D eigenvalue weighted by Crippen LogP contribution is 2.57. The summed E-state index contributed by atoms with van der Waals surface area (Å²) in [6.45, 7) is 11.5. The topological polar surface area (TPSA) is 29.3 Å². The van der Waals surface area contributed by atoms with E-state index in [-0.39, 0.29) is 5.54 Å². The van der Waals surface area contributed by atoms with Crippen LogP contribution in [0.3, 0.4) is 0 Å². The van der Waals surface area contributed by atoms with E-state index in [9.17, 15) is 0 Å². The van der Waals surface area contributed by atoms with Gasteiger partial charge in [-0.1, -0.05) is 20.8 Å². The Morgan fingerprint density at radius 2 is 1.94 bits per heavy atom. The Labute approximate surface area is 101 Å². The summed E-state index contributed by atoms with van der Waals surface area (Å²) in [7, 11) is 0. The smallest absolute Gasteiger partial charge is 0.0360 e. The summed E-state index contributed by atoms with van der Waals surface area (Å²) in [6, 6.07) is 0.827. The Balaban J connectivity index is 2.15. The van der Waals surface area contributed by atoms with Crippen LogP contribution < -0.4 is 5.73 Å². The Bertz CT molecular complexity index is 253. The second-order valence-electron chi connectivity index (χ2n) is 6.82. The highest BCUT2D eigenvalue weighted by molar-refractivity contribution is 5.12. The predicted molar refractivity (Wildman–Crippen MR) is 69.4 cm³/mol. The molecule has 0 aliphatic heterocycles. The lowest BCUT2D eigenvalue weighted by molar-refractivity contribution is 0.0297. The molecule has 0 aromatic carbocycles. The first-order valence-corrected chi connectivity index (χ1v) is 6.90. The van der Waals surface area contributed by atoms with Gasteiger partial charge in [0.2, 0.25) is 0 Å². The molecular weight excluding hydrogens is 196 g/mol. The van der Waals surface area contributed by atoms with Crippen LogP contribution in [0.4, 0.5) is 0 Å². The third kappa shape index (κ3) is 2.02. The number of hydrogen-bond donors (Lipinski definition) is 1. The Hall–Kier alpha value is -0.0800. The van der Waals surface area contributed by atoms with E-state index in [1.807, 2.05) is 0 Å². The maximum absolute atomic E-state index is 6.13. The van der Waals surface area contributed by atoms with Crippen LogP contribution in [0, 0.1) is 11.3 Å². The maximum Gasteiger partial charge on any atom is 0.0360 e. The monoisotopic (exact) mass is 224 g/mol. The van der Waals surface area contributed by atoms with Crippen molar-refractivity contribution in [2.75, 3.05) is 13.1 Å². The molecule has 94 valence electrons. The van der Waals surface area contributed by atoms with Crippen LogP contribution in [0.5, 0.6) is 0 Å². The molecule has 0 spiro atoms. The average molecular weight is 224 g/mol. The fourth-order valence-electron chi connectivity index (χ4n) is 2.97. The normalized spacial score (nSPS) is 27.2. The second kappa shape index (κ2) is 3.99. The van der Waals surface area contributed by atoms with Crippen LogP contribution >= 0.6 is 0 Å². The molecule has 2 saturated carbocycles. The van der Waals surface area contributed by atoms with Crippen LogP contribution in [0.1, 0.15) is 53.4 Å². The summed E-state index contributed by atoms with van der Waals surface area (Å²) in [4.78, 5) is 2.74. The lowest BCUT2D eigenvalue weighted by atomic mass is 9.81. The van der Waals surface area contributed by atoms with E-state index in [4.69, 9.17) is 5.73 Å². The fraction of sp³-hybridized carbons (Fsp3) is 1.00. The zero-order valence-corrected chi connectivity index (χ0v) is 11.4. The van der Waals surface area contributed by atoms with Gasteiger partial charge in [0, 0.05) is 24.7 Å². The van der Waals surface area contributed by atoms with E-state index in [1.165, 1.54) is 32.2 Å². The van der Waals surface area contributed by atoms with Crippen molar-refractivity contribution in [2.45, 2.75) is 65.0 Å². The van der Waals surface area contributed by atoms with E-state index < -0.39 is 0 Å². The molecule has 1 unspecified atom stereocenters. The molecule has 0 aromatic rings. The van der Waals surface area contributed by atoms with Crippen molar-refractivity contribution in [1.29, 1.82) is 0 Å². The number of nitrogens with zero attached hydrogens (tertiary/aromatic N) is 1. The minimum Gasteiger partial charge on any atom is -0.329 e. The van der Waals surface area contributed by atoms with Crippen molar-refractivity contribution in [1.82, 2.24) is 4.90 Å². The van der Waals surface area contributed by atoms with Gasteiger partial charge in [-0.15, -0.1) is 0 Å². The summed E-state index contributed by atoms with van der Waals surface area (Å²) in [5.74, 6) is 0.744. The molecule has 0 aromatic heterocycles. The highest BCUT2D eigenvalue weighted by Gasteiger charge is 2.57. The SMILES string of the molecule is CC(C)CN(C1CC1)C(C)(CN)C1(C)CC1. The van der Waals surface area contributed by atoms with Crippen molar-refractivity contribution < 1.29 is 0 Å². The minimum absolute atomic E-state index is 0.235. The molecule has 16 heavy (non-hydrogen) atoms. The molecule has 0 bridgehead atoms. The molecule has 2 nitrogen and oxygen atoms in total. The van der Waals surface area contributed by atoms with Gasteiger partial charge in [0.15, 0.2) is 0 Å². The molecule has 0 heterocycles. The number of rotatable bonds is 6. The molecule has 2 N–H and O–H groups in total. The largest absolute Gasteiger partial charge is 0.329 e. The van der Waals surface area contributed by atoms with Gasteiger partial charge in [-0.3, -0.25) is 4.90 Å². The van der Waals surface area contributed by atoms with Gasteiger partial charge in [-0.2, -0.15) is 0 Å². The zero-order valence-electron chi connectivity index (χ0n) is 11.4. The van der Waals surface area contributed by atoms with Crippen LogP contribution in [0.2, 0.25) is 0 Å². The third-order valence-corrected chi connectivity index (χ3v) is 4.88. The van der Waals surface area contributed by atoms with Crippen LogP contribution in [-0.4, -0.2) is 29.6 Å². The van der Waals surface area contributed by atoms with Crippen molar-refractivity contribution in [3.05, 3.63) is 0 Å². The molecule has 2 aliphatic carbocycles. The Morgan fingerprint density at radius 3 is 2.25 bits per heavy atom. The van der Waals surface area contributed by atoms with Gasteiger partial charge in [-0.05, 0) is 43.9 Å². The summed E-state index contributed by atoms with van der Waals surface area (Å²) in [5, 5.41) is 0. The Morgan fingerprint density at radius 1 is 1.38 bits per heavy atom. The Kier molecular flexibility index (Phi) is 3.09. The van der Waals surface area contributed by atoms with Crippen LogP contribution in [0.15, 0.2) is 0 Å². The average Bonchev–Trinajstić information content (AvgIpc) is 3.07. The van der Waals surface area contributed by atoms with Gasteiger partial charge < -0.3 is 5.73 Å². The molecule has 2 fully saturated rings. The quantitative estimate of drug-likeness (QED) is 0.751. The zero-order chi connectivity index (χ0) is 12.0. The first-order chi connectivity index (χ1) is 7.43. The van der Waals surface area contributed by atoms with Crippen molar-refractivity contribution in [3.8, 4) is 0 Å². The van der Waals surface area contributed by atoms with E-state index in [0.717, 1.165) is 18.5 Å². The van der Waals surface area contributed by atoms with Gasteiger partial charge >= 0.3 is 0 Å². The lowest BCUT2D eigenvalue weighted by Crippen LogP contribution is -2.58. The summed E-state index contributed by atoms with van der Waals surface area (Å²) < 4.78 is 0. The van der Waals surface area contributed by atoms with Gasteiger partial charge in [0.1, 0.15) is 0 Å². The minimum atomic E-state index is 0.235. The van der Waals surface area contributed by atoms with Crippen molar-refractivity contribution >= 4 is 0 Å². The standard InChI is InChI=1S/C14H28N2/c1-11(2)9-16(12-5-6-12)14(4,10-15)13(3)7-8-13/h11-12H,5-10,15H2,1-4H3. The first kappa shape index (κ1) is 12.4. The second-order valence-corrected chi connectivity index (χ2v) is 6.82. The fourth-order valence-corrected chi connectivity index (χ4v) is 2.97. The van der Waals surface area contributed by atoms with E-state index in [1.54, 1.807) is 0 Å². The van der Waals surface area contributed by atoms with Gasteiger partial charge in [0.05, 0.1) is 0 Å². The molecule has 2 aliphatic rings. The van der Waals surface area contributed by atoms with E-state index in [0.29, 0.717) is 5.41 Å². The van der Waals surface area contributed by atoms with Gasteiger partial charge in [-0.25, -0.2) is 0 Å². The maximum atomic E-state index is 6.13. The molecule has 0 radical (unpaired) electrons. The molecule has 2 rings (SSSR count). The summed E-state index contributed by atoms with van der Waals surface area (Å²) in [6.07, 6.45) is 5.50. The van der Waals surface area contributed by atoms with Crippen LogP contribution in [-0.2, 0) is 0 Å². The number of hydrogen-bond acceptors (Lipinski definition) is 2. The predicted octanol–water partition coefficient (Wildman–Crippen LogP) is 2.62. The van der Waals surface area contributed by atoms with E-state index in [2.05, 4.69) is 32.6 Å². The third-order valence-electron chi connectivity index (χ3n) is 4.88. The molecular formula is C14H28N2.